The Morgan fingerprint density at radius 1 is 1.38 bits per heavy atom. The van der Waals surface area contributed by atoms with E-state index in [0.29, 0.717) is 17.7 Å². The lowest BCUT2D eigenvalue weighted by atomic mass is 10.2. The average molecular weight is 221 g/mol. The minimum absolute atomic E-state index is 0.269. The molecule has 0 unspecified atom stereocenters. The molecule has 1 aromatic rings. The van der Waals surface area contributed by atoms with Crippen LogP contribution in [0.3, 0.4) is 0 Å². The zero-order valence-electron chi connectivity index (χ0n) is 8.97. The Labute approximate surface area is 92.7 Å². The first-order valence-electron chi connectivity index (χ1n) is 4.47. The average Bonchev–Trinajstić information content (AvgIpc) is 2.35. The van der Waals surface area contributed by atoms with Crippen LogP contribution in [0.2, 0.25) is 0 Å². The van der Waals surface area contributed by atoms with Gasteiger partial charge in [-0.2, -0.15) is 0 Å². The summed E-state index contributed by atoms with van der Waals surface area (Å²) in [5.41, 5.74) is 0.669. The molecule has 0 aromatic carbocycles. The van der Waals surface area contributed by atoms with E-state index in [0.717, 1.165) is 0 Å². The molecule has 0 amide bonds. The number of carbonyl (C=O) groups excluding carboxylic acids is 2. The molecule has 16 heavy (non-hydrogen) atoms. The fourth-order valence-electron chi connectivity index (χ4n) is 1.05. The van der Waals surface area contributed by atoms with Crippen molar-refractivity contribution in [1.82, 2.24) is 4.98 Å². The summed E-state index contributed by atoms with van der Waals surface area (Å²) in [5.74, 6) is -0.0221. The van der Waals surface area contributed by atoms with Crippen LogP contribution in [0.25, 0.3) is 6.08 Å². The Morgan fingerprint density at radius 3 is 2.69 bits per heavy atom. The molecule has 0 bridgehead atoms. The van der Waals surface area contributed by atoms with Crippen molar-refractivity contribution in [2.45, 2.75) is 0 Å². The molecule has 0 saturated carbocycles. The van der Waals surface area contributed by atoms with Crippen molar-refractivity contribution in [3.8, 4) is 5.75 Å². The van der Waals surface area contributed by atoms with Gasteiger partial charge in [0.25, 0.3) is 0 Å². The van der Waals surface area contributed by atoms with Crippen LogP contribution in [0, 0.1) is 0 Å². The number of methoxy groups -OCH3 is 2. The summed E-state index contributed by atoms with van der Waals surface area (Å²) in [6.07, 6.45) is 3.26. The lowest BCUT2D eigenvalue weighted by Gasteiger charge is -2.03. The van der Waals surface area contributed by atoms with E-state index in [1.165, 1.54) is 32.4 Å². The molecular weight excluding hydrogens is 210 g/mol. The Hall–Kier alpha value is -2.17. The molecule has 1 rings (SSSR count). The molecule has 0 aliphatic heterocycles. The van der Waals surface area contributed by atoms with Crippen LogP contribution < -0.4 is 4.74 Å². The first-order chi connectivity index (χ1) is 7.71. The topological polar surface area (TPSA) is 65.5 Å². The van der Waals surface area contributed by atoms with Gasteiger partial charge in [-0.05, 0) is 18.2 Å². The van der Waals surface area contributed by atoms with Gasteiger partial charge in [0.2, 0.25) is 0 Å². The molecule has 0 aliphatic carbocycles. The highest BCUT2D eigenvalue weighted by molar-refractivity contribution is 5.87. The van der Waals surface area contributed by atoms with Gasteiger partial charge in [-0.1, -0.05) is 0 Å². The summed E-state index contributed by atoms with van der Waals surface area (Å²) >= 11 is 0. The van der Waals surface area contributed by atoms with E-state index in [9.17, 15) is 9.59 Å². The van der Waals surface area contributed by atoms with E-state index >= 15 is 0 Å². The maximum atomic E-state index is 10.9. The number of ether oxygens (including phenoxy) is 2. The van der Waals surface area contributed by atoms with Crippen LogP contribution >= 0.6 is 0 Å². The fourth-order valence-corrected chi connectivity index (χ4v) is 1.05. The number of aldehydes is 1. The van der Waals surface area contributed by atoms with Crippen LogP contribution in [-0.2, 0) is 9.53 Å². The van der Waals surface area contributed by atoms with Crippen LogP contribution in [0.15, 0.2) is 18.2 Å². The number of rotatable bonds is 4. The largest absolute Gasteiger partial charge is 0.494 e. The minimum Gasteiger partial charge on any atom is -0.494 e. The second kappa shape index (κ2) is 5.65. The number of carbonyl (C=O) groups is 2. The van der Waals surface area contributed by atoms with Crippen molar-refractivity contribution in [2.24, 2.45) is 0 Å². The zero-order valence-corrected chi connectivity index (χ0v) is 8.97. The van der Waals surface area contributed by atoms with Gasteiger partial charge in [0.1, 0.15) is 17.1 Å². The predicted octanol–water partition coefficient (Wildman–Crippen LogP) is 1.09. The van der Waals surface area contributed by atoms with Crippen molar-refractivity contribution in [3.63, 3.8) is 0 Å². The Morgan fingerprint density at radius 2 is 2.12 bits per heavy atom. The number of hydrogen-bond donors (Lipinski definition) is 0. The molecule has 0 fully saturated rings. The second-order valence-electron chi connectivity index (χ2n) is 2.80. The molecule has 0 saturated heterocycles. The Bertz CT molecular complexity index is 426. The third-order valence-corrected chi connectivity index (χ3v) is 1.83. The third kappa shape index (κ3) is 2.91. The number of esters is 1. The molecule has 0 spiro atoms. The molecule has 5 heteroatoms. The lowest BCUT2D eigenvalue weighted by molar-refractivity contribution is -0.134. The molecule has 1 aromatic heterocycles. The molecule has 84 valence electrons. The van der Waals surface area contributed by atoms with Gasteiger partial charge in [0, 0.05) is 6.08 Å². The van der Waals surface area contributed by atoms with E-state index < -0.39 is 5.97 Å². The highest BCUT2D eigenvalue weighted by atomic mass is 16.5. The van der Waals surface area contributed by atoms with Gasteiger partial charge in [0.15, 0.2) is 6.29 Å². The highest BCUT2D eigenvalue weighted by Gasteiger charge is 2.03. The van der Waals surface area contributed by atoms with Gasteiger partial charge in [-0.15, -0.1) is 0 Å². The summed E-state index contributed by atoms with van der Waals surface area (Å²) in [4.78, 5) is 25.4. The summed E-state index contributed by atoms with van der Waals surface area (Å²) in [6, 6.07) is 3.13. The Balaban J connectivity index is 3.04. The number of nitrogens with zero attached hydrogens (tertiary/aromatic N) is 1. The molecule has 0 radical (unpaired) electrons. The van der Waals surface area contributed by atoms with Gasteiger partial charge < -0.3 is 9.47 Å². The van der Waals surface area contributed by atoms with E-state index in [-0.39, 0.29) is 5.69 Å². The van der Waals surface area contributed by atoms with E-state index in [1.807, 2.05) is 0 Å². The van der Waals surface area contributed by atoms with Gasteiger partial charge in [-0.25, -0.2) is 9.78 Å². The smallest absolute Gasteiger partial charge is 0.330 e. The minimum atomic E-state index is -0.500. The van der Waals surface area contributed by atoms with Gasteiger partial charge in [-0.3, -0.25) is 4.79 Å². The second-order valence-corrected chi connectivity index (χ2v) is 2.80. The molecule has 0 aliphatic rings. The molecule has 0 atom stereocenters. The monoisotopic (exact) mass is 221 g/mol. The van der Waals surface area contributed by atoms with Crippen LogP contribution in [0.4, 0.5) is 0 Å². The van der Waals surface area contributed by atoms with Crippen LogP contribution in [0.5, 0.6) is 5.75 Å². The van der Waals surface area contributed by atoms with Crippen molar-refractivity contribution in [3.05, 3.63) is 29.6 Å². The lowest BCUT2D eigenvalue weighted by Crippen LogP contribution is -1.97. The standard InChI is InChI=1S/C11H11NO4/c1-15-10-5-3-8(7-13)12-9(10)4-6-11(14)16-2/h3-7H,1-2H3. The normalized spacial score (nSPS) is 10.1. The predicted molar refractivity (Wildman–Crippen MR) is 57.2 cm³/mol. The summed E-state index contributed by atoms with van der Waals surface area (Å²) in [6.45, 7) is 0. The Kier molecular flexibility index (Phi) is 4.20. The maximum Gasteiger partial charge on any atom is 0.330 e. The molecule has 0 N–H and O–H groups in total. The summed E-state index contributed by atoms with van der Waals surface area (Å²) in [7, 11) is 2.76. The van der Waals surface area contributed by atoms with E-state index in [4.69, 9.17) is 4.74 Å². The summed E-state index contributed by atoms with van der Waals surface area (Å²) < 4.78 is 9.47. The number of hydrogen-bond acceptors (Lipinski definition) is 5. The molecule has 5 nitrogen and oxygen atoms in total. The molecular formula is C11H11NO4. The van der Waals surface area contributed by atoms with Crippen LogP contribution in [0.1, 0.15) is 16.2 Å². The van der Waals surface area contributed by atoms with Gasteiger partial charge in [0.05, 0.1) is 14.2 Å². The number of aromatic nitrogens is 1. The van der Waals surface area contributed by atoms with E-state index in [1.54, 1.807) is 6.07 Å². The SMILES string of the molecule is COC(=O)C=Cc1nc(C=O)ccc1OC. The first-order valence-corrected chi connectivity index (χ1v) is 4.47. The first kappa shape index (κ1) is 11.9. The van der Waals surface area contributed by atoms with Gasteiger partial charge >= 0.3 is 5.97 Å². The third-order valence-electron chi connectivity index (χ3n) is 1.83. The van der Waals surface area contributed by atoms with Crippen LogP contribution in [-0.4, -0.2) is 31.5 Å². The van der Waals surface area contributed by atoms with Crippen molar-refractivity contribution >= 4 is 18.3 Å². The van der Waals surface area contributed by atoms with Crippen molar-refractivity contribution in [2.75, 3.05) is 14.2 Å². The zero-order chi connectivity index (χ0) is 12.0. The highest BCUT2D eigenvalue weighted by Crippen LogP contribution is 2.17. The fraction of sp³-hybridized carbons (Fsp3) is 0.182. The van der Waals surface area contributed by atoms with E-state index in [2.05, 4.69) is 9.72 Å². The maximum absolute atomic E-state index is 10.9. The summed E-state index contributed by atoms with van der Waals surface area (Å²) in [5, 5.41) is 0. The number of pyridine rings is 1. The van der Waals surface area contributed by atoms with Crippen molar-refractivity contribution in [1.29, 1.82) is 0 Å². The quantitative estimate of drug-likeness (QED) is 0.432. The van der Waals surface area contributed by atoms with Crippen molar-refractivity contribution < 1.29 is 19.1 Å². The molecule has 1 heterocycles.